The summed E-state index contributed by atoms with van der Waals surface area (Å²) in [5, 5.41) is 2.96. The van der Waals surface area contributed by atoms with Gasteiger partial charge >= 0.3 is 5.69 Å². The first kappa shape index (κ1) is 20.5. The molecule has 0 aliphatic rings. The fourth-order valence-electron chi connectivity index (χ4n) is 3.62. The van der Waals surface area contributed by atoms with Crippen molar-refractivity contribution >= 4 is 22.6 Å². The number of nitrogens with one attached hydrogen (secondary N) is 2. The summed E-state index contributed by atoms with van der Waals surface area (Å²) in [4.78, 5) is 49.3. The molecule has 0 saturated carbocycles. The van der Waals surface area contributed by atoms with Gasteiger partial charge in [-0.3, -0.25) is 19.1 Å². The van der Waals surface area contributed by atoms with Crippen LogP contribution in [-0.4, -0.2) is 29.8 Å². The summed E-state index contributed by atoms with van der Waals surface area (Å²) < 4.78 is 3.27. The minimum Gasteiger partial charge on any atom is -0.346 e. The van der Waals surface area contributed by atoms with E-state index in [-0.39, 0.29) is 29.1 Å². The second-order valence-corrected chi connectivity index (χ2v) is 7.79. The van der Waals surface area contributed by atoms with Crippen molar-refractivity contribution < 1.29 is 4.79 Å². The van der Waals surface area contributed by atoms with Gasteiger partial charge in [-0.25, -0.2) is 14.8 Å². The highest BCUT2D eigenvalue weighted by Gasteiger charge is 2.20. The predicted octanol–water partition coefficient (Wildman–Crippen LogP) is 2.11. The number of aromatic amines is 1. The number of hydrogen-bond donors (Lipinski definition) is 2. The highest BCUT2D eigenvalue weighted by atomic mass is 16.2. The summed E-state index contributed by atoms with van der Waals surface area (Å²) in [6.07, 6.45) is 3.75. The van der Waals surface area contributed by atoms with E-state index < -0.39 is 17.2 Å². The molecule has 0 spiro atoms. The molecule has 0 aliphatic carbocycles. The molecule has 0 unspecified atom stereocenters. The van der Waals surface area contributed by atoms with Crippen LogP contribution in [-0.2, 0) is 13.1 Å². The number of imidazole rings is 1. The van der Waals surface area contributed by atoms with Crippen molar-refractivity contribution in [3.63, 3.8) is 0 Å². The normalized spacial score (nSPS) is 11.5. The first-order valence-electron chi connectivity index (χ1n) is 10.2. The quantitative estimate of drug-likeness (QED) is 0.513. The van der Waals surface area contributed by atoms with Crippen LogP contribution in [0.5, 0.6) is 0 Å². The van der Waals surface area contributed by atoms with Gasteiger partial charge in [-0.05, 0) is 37.5 Å². The Hall–Kier alpha value is -3.75. The molecule has 1 amide bonds. The molecule has 4 heterocycles. The lowest BCUT2D eigenvalue weighted by Crippen LogP contribution is -2.33. The fraction of sp³-hybridized carbons (Fsp3) is 0.318. The minimum absolute atomic E-state index is 0.0112. The topological polar surface area (TPSA) is 114 Å². The van der Waals surface area contributed by atoms with Gasteiger partial charge in [-0.1, -0.05) is 19.9 Å². The molecule has 0 aromatic carbocycles. The molecule has 0 fully saturated rings. The molecule has 0 bridgehead atoms. The zero-order chi connectivity index (χ0) is 22.3. The Morgan fingerprint density at radius 3 is 2.68 bits per heavy atom. The maximum absolute atomic E-state index is 13.1. The molecule has 160 valence electrons. The highest BCUT2D eigenvalue weighted by molar-refractivity contribution is 6.05. The fourth-order valence-corrected chi connectivity index (χ4v) is 3.62. The lowest BCUT2D eigenvalue weighted by molar-refractivity contribution is 0.0952. The standard InChI is InChI=1S/C22H24N6O3/c1-5-28-19-17(21(30)26-22(28)31)15(9-16(25-19)12(2)3)20(29)23-10-14-11-27-8-6-7-13(4)18(27)24-14/h6-9,11-12H,5,10H2,1-4H3,(H,23,29)(H,26,30,31). The monoisotopic (exact) mass is 420 g/mol. The zero-order valence-corrected chi connectivity index (χ0v) is 17.9. The van der Waals surface area contributed by atoms with Crippen LogP contribution >= 0.6 is 0 Å². The molecule has 4 aromatic heterocycles. The number of carbonyl (C=O) groups is 1. The Labute approximate surface area is 177 Å². The summed E-state index contributed by atoms with van der Waals surface area (Å²) >= 11 is 0. The second-order valence-electron chi connectivity index (χ2n) is 7.79. The van der Waals surface area contributed by atoms with Crippen LogP contribution in [0.1, 0.15) is 54.0 Å². The molecular formula is C22H24N6O3. The number of hydrogen-bond acceptors (Lipinski definition) is 5. The van der Waals surface area contributed by atoms with Gasteiger partial charge in [-0.2, -0.15) is 0 Å². The summed E-state index contributed by atoms with van der Waals surface area (Å²) in [6, 6.07) is 5.53. The van der Waals surface area contributed by atoms with Crippen molar-refractivity contribution in [1.82, 2.24) is 29.2 Å². The smallest absolute Gasteiger partial charge is 0.329 e. The van der Waals surface area contributed by atoms with Crippen LogP contribution in [0.4, 0.5) is 0 Å². The largest absolute Gasteiger partial charge is 0.346 e. The number of rotatable bonds is 5. The van der Waals surface area contributed by atoms with Gasteiger partial charge in [0, 0.05) is 24.6 Å². The van der Waals surface area contributed by atoms with E-state index in [1.165, 1.54) is 4.57 Å². The van der Waals surface area contributed by atoms with Gasteiger partial charge in [-0.15, -0.1) is 0 Å². The highest BCUT2D eigenvalue weighted by Crippen LogP contribution is 2.20. The van der Waals surface area contributed by atoms with Gasteiger partial charge in [0.05, 0.1) is 23.2 Å². The molecule has 0 atom stereocenters. The van der Waals surface area contributed by atoms with Gasteiger partial charge in [0.1, 0.15) is 5.65 Å². The predicted molar refractivity (Wildman–Crippen MR) is 117 cm³/mol. The van der Waals surface area contributed by atoms with E-state index in [0.29, 0.717) is 17.9 Å². The lowest BCUT2D eigenvalue weighted by Gasteiger charge is -2.13. The third-order valence-corrected chi connectivity index (χ3v) is 5.28. The van der Waals surface area contributed by atoms with Crippen LogP contribution in [0.2, 0.25) is 0 Å². The van der Waals surface area contributed by atoms with Crippen molar-refractivity contribution in [2.45, 2.75) is 46.7 Å². The summed E-state index contributed by atoms with van der Waals surface area (Å²) in [6.45, 7) is 8.16. The third-order valence-electron chi connectivity index (χ3n) is 5.28. The molecule has 2 N–H and O–H groups in total. The maximum atomic E-state index is 13.1. The van der Waals surface area contributed by atoms with E-state index in [4.69, 9.17) is 0 Å². The van der Waals surface area contributed by atoms with E-state index in [0.717, 1.165) is 11.2 Å². The molecular weight excluding hydrogens is 396 g/mol. The molecule has 4 aromatic rings. The molecule has 9 nitrogen and oxygen atoms in total. The molecule has 4 rings (SSSR count). The average molecular weight is 420 g/mol. The molecule has 31 heavy (non-hydrogen) atoms. The van der Waals surface area contributed by atoms with Gasteiger partial charge in [0.25, 0.3) is 11.5 Å². The van der Waals surface area contributed by atoms with Crippen molar-refractivity contribution in [2.24, 2.45) is 0 Å². The second kappa shape index (κ2) is 7.82. The number of fused-ring (bicyclic) bond motifs is 2. The average Bonchev–Trinajstić information content (AvgIpc) is 3.16. The molecule has 0 radical (unpaired) electrons. The first-order valence-corrected chi connectivity index (χ1v) is 10.2. The van der Waals surface area contributed by atoms with Crippen LogP contribution < -0.4 is 16.6 Å². The Kier molecular flexibility index (Phi) is 5.18. The zero-order valence-electron chi connectivity index (χ0n) is 17.9. The van der Waals surface area contributed by atoms with Crippen molar-refractivity contribution in [3.8, 4) is 0 Å². The summed E-state index contributed by atoms with van der Waals surface area (Å²) in [7, 11) is 0. The Bertz CT molecular complexity index is 1430. The number of aryl methyl sites for hydroxylation is 2. The number of amides is 1. The van der Waals surface area contributed by atoms with E-state index >= 15 is 0 Å². The van der Waals surface area contributed by atoms with Crippen LogP contribution in [0.15, 0.2) is 40.2 Å². The van der Waals surface area contributed by atoms with Gasteiger partial charge in [0.15, 0.2) is 5.65 Å². The number of nitrogens with zero attached hydrogens (tertiary/aromatic N) is 4. The van der Waals surface area contributed by atoms with E-state index in [1.54, 1.807) is 13.0 Å². The Balaban J connectivity index is 1.76. The summed E-state index contributed by atoms with van der Waals surface area (Å²) in [5.41, 5.74) is 2.43. The van der Waals surface area contributed by atoms with E-state index in [9.17, 15) is 14.4 Å². The maximum Gasteiger partial charge on any atom is 0.329 e. The molecule has 0 aliphatic heterocycles. The number of H-pyrrole nitrogens is 1. The van der Waals surface area contributed by atoms with Crippen molar-refractivity contribution in [3.05, 3.63) is 73.9 Å². The van der Waals surface area contributed by atoms with Gasteiger partial charge in [0.2, 0.25) is 0 Å². The first-order chi connectivity index (χ1) is 14.8. The van der Waals surface area contributed by atoms with Crippen molar-refractivity contribution in [2.75, 3.05) is 0 Å². The third kappa shape index (κ3) is 3.63. The van der Waals surface area contributed by atoms with Crippen LogP contribution in [0.25, 0.3) is 16.7 Å². The Morgan fingerprint density at radius 1 is 1.23 bits per heavy atom. The van der Waals surface area contributed by atoms with Gasteiger partial charge < -0.3 is 9.72 Å². The van der Waals surface area contributed by atoms with Crippen LogP contribution in [0.3, 0.4) is 0 Å². The SMILES string of the molecule is CCn1c(=O)[nH]c(=O)c2c(C(=O)NCc3cn4cccc(C)c4n3)cc(C(C)C)nc21. The summed E-state index contributed by atoms with van der Waals surface area (Å²) in [5.74, 6) is -0.410. The lowest BCUT2D eigenvalue weighted by atomic mass is 10.0. The molecule has 0 saturated heterocycles. The minimum atomic E-state index is -0.624. The van der Waals surface area contributed by atoms with Crippen LogP contribution in [0, 0.1) is 6.92 Å². The molecule has 9 heteroatoms. The van der Waals surface area contributed by atoms with E-state index in [2.05, 4.69) is 20.3 Å². The number of carbonyl (C=O) groups excluding carboxylic acids is 1. The van der Waals surface area contributed by atoms with Crippen molar-refractivity contribution in [1.29, 1.82) is 0 Å². The number of pyridine rings is 2. The Morgan fingerprint density at radius 2 is 2.00 bits per heavy atom. The number of aromatic nitrogens is 5. The van der Waals surface area contributed by atoms with E-state index in [1.807, 2.05) is 49.7 Å².